The van der Waals surface area contributed by atoms with Crippen molar-refractivity contribution in [1.29, 1.82) is 0 Å². The van der Waals surface area contributed by atoms with Crippen molar-refractivity contribution in [3.05, 3.63) is 47.9 Å². The summed E-state index contributed by atoms with van der Waals surface area (Å²) in [6, 6.07) is 3.47. The van der Waals surface area contributed by atoms with Gasteiger partial charge in [-0.3, -0.25) is 9.89 Å². The maximum Gasteiger partial charge on any atom is 0.277 e. The number of halogens is 2. The SMILES string of the molecule is Nc1sc(-c2c(F)cccc2F)nc1C(=O)Nc1cn[nH]c1. The molecule has 0 saturated carbocycles. The van der Waals surface area contributed by atoms with Crippen molar-refractivity contribution in [2.75, 3.05) is 11.1 Å². The van der Waals surface area contributed by atoms with E-state index in [2.05, 4.69) is 20.5 Å². The number of rotatable bonds is 3. The van der Waals surface area contributed by atoms with Gasteiger partial charge in [0.25, 0.3) is 5.91 Å². The molecule has 22 heavy (non-hydrogen) atoms. The Bertz CT molecular complexity index is 811. The number of nitrogen functional groups attached to an aromatic ring is 1. The number of nitrogens with zero attached hydrogens (tertiary/aromatic N) is 2. The third kappa shape index (κ3) is 2.53. The molecule has 0 spiro atoms. The first-order valence-electron chi connectivity index (χ1n) is 6.07. The lowest BCUT2D eigenvalue weighted by atomic mass is 10.2. The predicted molar refractivity (Wildman–Crippen MR) is 78.4 cm³/mol. The Hall–Kier alpha value is -2.81. The van der Waals surface area contributed by atoms with Crippen LogP contribution in [0.15, 0.2) is 30.6 Å². The summed E-state index contributed by atoms with van der Waals surface area (Å²) >= 11 is 0.839. The van der Waals surface area contributed by atoms with E-state index in [1.54, 1.807) is 0 Å². The topological polar surface area (TPSA) is 96.7 Å². The minimum atomic E-state index is -0.768. The lowest BCUT2D eigenvalue weighted by molar-refractivity contribution is 0.102. The monoisotopic (exact) mass is 321 g/mol. The third-order valence-electron chi connectivity index (χ3n) is 2.80. The van der Waals surface area contributed by atoms with Crippen molar-refractivity contribution in [2.24, 2.45) is 0 Å². The number of nitrogens with one attached hydrogen (secondary N) is 2. The number of H-pyrrole nitrogens is 1. The van der Waals surface area contributed by atoms with Crippen molar-refractivity contribution in [3.8, 4) is 10.6 Å². The molecular formula is C13H9F2N5OS. The zero-order valence-electron chi connectivity index (χ0n) is 10.9. The van der Waals surface area contributed by atoms with Gasteiger partial charge in [-0.05, 0) is 12.1 Å². The lowest BCUT2D eigenvalue weighted by Gasteiger charge is -2.00. The molecule has 0 bridgehead atoms. The molecule has 6 nitrogen and oxygen atoms in total. The van der Waals surface area contributed by atoms with E-state index in [1.165, 1.54) is 18.5 Å². The molecule has 0 aliphatic rings. The number of hydrogen-bond donors (Lipinski definition) is 3. The lowest BCUT2D eigenvalue weighted by Crippen LogP contribution is -2.13. The van der Waals surface area contributed by atoms with Crippen LogP contribution in [0, 0.1) is 11.6 Å². The van der Waals surface area contributed by atoms with Gasteiger partial charge in [0.1, 0.15) is 21.6 Å². The fourth-order valence-electron chi connectivity index (χ4n) is 1.81. The number of nitrogens with two attached hydrogens (primary N) is 1. The molecule has 3 aromatic rings. The highest BCUT2D eigenvalue weighted by atomic mass is 32.1. The highest BCUT2D eigenvalue weighted by Crippen LogP contribution is 2.33. The van der Waals surface area contributed by atoms with Crippen molar-refractivity contribution in [1.82, 2.24) is 15.2 Å². The molecule has 0 aliphatic heterocycles. The predicted octanol–water partition coefficient (Wildman–Crippen LogP) is 2.65. The number of carbonyl (C=O) groups is 1. The van der Waals surface area contributed by atoms with Crippen molar-refractivity contribution in [3.63, 3.8) is 0 Å². The summed E-state index contributed by atoms with van der Waals surface area (Å²) in [4.78, 5) is 16.0. The smallest absolute Gasteiger partial charge is 0.277 e. The van der Waals surface area contributed by atoms with E-state index in [-0.39, 0.29) is 21.3 Å². The van der Waals surface area contributed by atoms with Crippen LogP contribution in [-0.4, -0.2) is 21.1 Å². The number of aromatic amines is 1. The van der Waals surface area contributed by atoms with Crippen LogP contribution in [0.1, 0.15) is 10.5 Å². The minimum Gasteiger partial charge on any atom is -0.389 e. The molecule has 0 saturated heterocycles. The molecule has 0 atom stereocenters. The number of hydrogen-bond acceptors (Lipinski definition) is 5. The van der Waals surface area contributed by atoms with Crippen molar-refractivity contribution in [2.45, 2.75) is 0 Å². The molecule has 2 aromatic heterocycles. The van der Waals surface area contributed by atoms with Gasteiger partial charge in [0.15, 0.2) is 5.69 Å². The van der Waals surface area contributed by atoms with Gasteiger partial charge in [-0.2, -0.15) is 5.10 Å². The molecular weight excluding hydrogens is 312 g/mol. The Balaban J connectivity index is 1.96. The van der Waals surface area contributed by atoms with Gasteiger partial charge in [0.2, 0.25) is 0 Å². The summed E-state index contributed by atoms with van der Waals surface area (Å²) in [5.74, 6) is -2.12. The summed E-state index contributed by atoms with van der Waals surface area (Å²) in [7, 11) is 0. The van der Waals surface area contributed by atoms with Crippen molar-refractivity contribution < 1.29 is 13.6 Å². The van der Waals surface area contributed by atoms with E-state index < -0.39 is 17.5 Å². The quantitative estimate of drug-likeness (QED) is 0.691. The molecule has 112 valence electrons. The van der Waals surface area contributed by atoms with Gasteiger partial charge in [-0.1, -0.05) is 17.4 Å². The Labute approximate surface area is 127 Å². The Morgan fingerprint density at radius 2 is 2.05 bits per heavy atom. The number of aromatic nitrogens is 3. The van der Waals surface area contributed by atoms with Crippen LogP contribution in [0.4, 0.5) is 19.5 Å². The summed E-state index contributed by atoms with van der Waals surface area (Å²) < 4.78 is 27.5. The first kappa shape index (κ1) is 14.1. The average Bonchev–Trinajstić information content (AvgIpc) is 3.08. The summed E-state index contributed by atoms with van der Waals surface area (Å²) in [5.41, 5.74) is 5.76. The van der Waals surface area contributed by atoms with Crippen LogP contribution >= 0.6 is 11.3 Å². The van der Waals surface area contributed by atoms with E-state index in [4.69, 9.17) is 5.73 Å². The number of carbonyl (C=O) groups excluding carboxylic acids is 1. The fraction of sp³-hybridized carbons (Fsp3) is 0. The van der Waals surface area contributed by atoms with Crippen molar-refractivity contribution >= 4 is 27.9 Å². The maximum absolute atomic E-state index is 13.8. The van der Waals surface area contributed by atoms with Crippen LogP contribution in [0.5, 0.6) is 0 Å². The van der Waals surface area contributed by atoms with Crippen LogP contribution < -0.4 is 11.1 Å². The third-order valence-corrected chi connectivity index (χ3v) is 3.70. The van der Waals surface area contributed by atoms with E-state index >= 15 is 0 Å². The summed E-state index contributed by atoms with van der Waals surface area (Å²) in [6.07, 6.45) is 2.87. The largest absolute Gasteiger partial charge is 0.389 e. The zero-order valence-corrected chi connectivity index (χ0v) is 11.7. The average molecular weight is 321 g/mol. The van der Waals surface area contributed by atoms with Crippen LogP contribution in [0.3, 0.4) is 0 Å². The van der Waals surface area contributed by atoms with Crippen LogP contribution in [0.25, 0.3) is 10.6 Å². The molecule has 1 amide bonds. The molecule has 0 aliphatic carbocycles. The molecule has 9 heteroatoms. The van der Waals surface area contributed by atoms with E-state index in [9.17, 15) is 13.6 Å². The first-order chi connectivity index (χ1) is 10.6. The Kier molecular flexibility index (Phi) is 3.55. The van der Waals surface area contributed by atoms with Gasteiger partial charge in [-0.25, -0.2) is 13.8 Å². The standard InChI is InChI=1S/C13H9F2N5OS/c14-7-2-1-3-8(15)9(7)13-20-10(11(16)22-13)12(21)19-6-4-17-18-5-6/h1-5H,16H2,(H,17,18)(H,19,21). The fourth-order valence-corrected chi connectivity index (χ4v) is 2.69. The maximum atomic E-state index is 13.8. The number of thiazole rings is 1. The molecule has 0 fully saturated rings. The Morgan fingerprint density at radius 3 is 2.68 bits per heavy atom. The minimum absolute atomic E-state index is 0.00504. The first-order valence-corrected chi connectivity index (χ1v) is 6.88. The highest BCUT2D eigenvalue weighted by molar-refractivity contribution is 7.19. The highest BCUT2D eigenvalue weighted by Gasteiger charge is 2.21. The molecule has 0 unspecified atom stereocenters. The van der Waals surface area contributed by atoms with Gasteiger partial charge in [0, 0.05) is 6.20 Å². The van der Waals surface area contributed by atoms with Crippen LogP contribution in [0.2, 0.25) is 0 Å². The van der Waals surface area contributed by atoms with Gasteiger partial charge in [-0.15, -0.1) is 0 Å². The molecule has 1 aromatic carbocycles. The zero-order chi connectivity index (χ0) is 15.7. The van der Waals surface area contributed by atoms with E-state index in [1.807, 2.05) is 0 Å². The second kappa shape index (κ2) is 5.53. The molecule has 0 radical (unpaired) electrons. The number of amides is 1. The normalized spacial score (nSPS) is 10.6. The number of benzene rings is 1. The summed E-state index contributed by atoms with van der Waals surface area (Å²) in [5, 5.41) is 8.80. The molecule has 3 rings (SSSR count). The van der Waals surface area contributed by atoms with Gasteiger partial charge >= 0.3 is 0 Å². The Morgan fingerprint density at radius 1 is 1.32 bits per heavy atom. The van der Waals surface area contributed by atoms with Gasteiger partial charge in [0.05, 0.1) is 17.4 Å². The van der Waals surface area contributed by atoms with Gasteiger partial charge < -0.3 is 11.1 Å². The van der Waals surface area contributed by atoms with Crippen LogP contribution in [-0.2, 0) is 0 Å². The second-order valence-electron chi connectivity index (χ2n) is 4.27. The van der Waals surface area contributed by atoms with E-state index in [0.717, 1.165) is 23.5 Å². The molecule has 4 N–H and O–H groups in total. The summed E-state index contributed by atoms with van der Waals surface area (Å²) in [6.45, 7) is 0. The second-order valence-corrected chi connectivity index (χ2v) is 5.30. The number of anilines is 2. The van der Waals surface area contributed by atoms with E-state index in [0.29, 0.717) is 5.69 Å². The molecule has 2 heterocycles.